The number of likely N-dealkylation sites (N-methyl/N-ethyl adjacent to an activating group) is 1. The van der Waals surface area contributed by atoms with Crippen molar-refractivity contribution >= 4 is 23.2 Å². The van der Waals surface area contributed by atoms with E-state index in [2.05, 4.69) is 15.6 Å². The van der Waals surface area contributed by atoms with E-state index in [1.54, 1.807) is 21.0 Å². The molecule has 35 heavy (non-hydrogen) atoms. The molecule has 6 nitrogen and oxygen atoms in total. The number of thiazole rings is 1. The summed E-state index contributed by atoms with van der Waals surface area (Å²) in [6.45, 7) is 1.86. The molecule has 1 fully saturated rings. The van der Waals surface area contributed by atoms with Crippen molar-refractivity contribution in [3.05, 3.63) is 51.2 Å². The van der Waals surface area contributed by atoms with Crippen molar-refractivity contribution in [2.45, 2.75) is 50.7 Å². The van der Waals surface area contributed by atoms with E-state index in [0.29, 0.717) is 15.4 Å². The van der Waals surface area contributed by atoms with E-state index in [-0.39, 0.29) is 43.8 Å². The molecule has 2 N–H and O–H groups in total. The molecule has 3 rings (SSSR count). The fraction of sp³-hybridized carbons (Fsp3) is 0.542. The summed E-state index contributed by atoms with van der Waals surface area (Å²) in [5.74, 6) is -2.41. The molecule has 1 saturated carbocycles. The van der Waals surface area contributed by atoms with Gasteiger partial charge < -0.3 is 15.5 Å². The number of carbonyl (C=O) groups excluding carboxylic acids is 2. The van der Waals surface area contributed by atoms with Gasteiger partial charge in [0.05, 0.1) is 10.4 Å². The lowest BCUT2D eigenvalue weighted by molar-refractivity contribution is -0.194. The van der Waals surface area contributed by atoms with Gasteiger partial charge in [0.15, 0.2) is 0 Å². The van der Waals surface area contributed by atoms with E-state index < -0.39 is 35.1 Å². The van der Waals surface area contributed by atoms with Crippen LogP contribution in [0.4, 0.5) is 17.6 Å². The minimum atomic E-state index is -4.40. The quantitative estimate of drug-likeness (QED) is 0.469. The summed E-state index contributed by atoms with van der Waals surface area (Å²) in [7, 11) is 5.01. The number of aromatic nitrogens is 1. The van der Waals surface area contributed by atoms with Gasteiger partial charge in [0, 0.05) is 48.6 Å². The van der Waals surface area contributed by atoms with Crippen LogP contribution in [-0.4, -0.2) is 61.6 Å². The summed E-state index contributed by atoms with van der Waals surface area (Å²) in [6, 6.07) is 3.91. The number of hydrogen-bond donors (Lipinski definition) is 2. The first-order valence-electron chi connectivity index (χ1n) is 11.3. The second-order valence-electron chi connectivity index (χ2n) is 9.20. The van der Waals surface area contributed by atoms with Gasteiger partial charge in [-0.05, 0) is 58.0 Å². The fourth-order valence-corrected chi connectivity index (χ4v) is 5.25. The molecule has 0 saturated heterocycles. The average molecular weight is 515 g/mol. The molecule has 11 heteroatoms. The van der Waals surface area contributed by atoms with E-state index in [0.717, 1.165) is 6.07 Å². The first kappa shape index (κ1) is 27.1. The van der Waals surface area contributed by atoms with E-state index in [4.69, 9.17) is 0 Å². The van der Waals surface area contributed by atoms with Crippen LogP contribution in [0.1, 0.15) is 51.0 Å². The number of benzene rings is 1. The highest BCUT2D eigenvalue weighted by Gasteiger charge is 2.67. The van der Waals surface area contributed by atoms with Crippen LogP contribution in [0.15, 0.2) is 24.4 Å². The molecule has 1 aromatic heterocycles. The summed E-state index contributed by atoms with van der Waals surface area (Å²) >= 11 is 1.19. The highest BCUT2D eigenvalue weighted by molar-refractivity contribution is 7.11. The van der Waals surface area contributed by atoms with Crippen LogP contribution >= 0.6 is 11.3 Å². The van der Waals surface area contributed by atoms with E-state index in [9.17, 15) is 27.2 Å². The SMILES string of the molecule is CNC(=O)c1ccc(C[C@@H](CNC(=O)C[C@H](c2cnc(C)s2)C2(C(F)(F)F)CC2)N(C)C)c(F)c1. The van der Waals surface area contributed by atoms with Gasteiger partial charge >= 0.3 is 6.18 Å². The Bertz CT molecular complexity index is 1070. The lowest BCUT2D eigenvalue weighted by atomic mass is 9.84. The number of halogens is 4. The number of aryl methyl sites for hydroxylation is 1. The van der Waals surface area contributed by atoms with E-state index in [1.807, 2.05) is 4.90 Å². The first-order valence-corrected chi connectivity index (χ1v) is 12.1. The monoisotopic (exact) mass is 514 g/mol. The Kier molecular flexibility index (Phi) is 8.21. The topological polar surface area (TPSA) is 74.3 Å². The van der Waals surface area contributed by atoms with Gasteiger partial charge in [-0.25, -0.2) is 9.37 Å². The maximum absolute atomic E-state index is 14.6. The minimum absolute atomic E-state index is 0.00293. The second kappa shape index (κ2) is 10.6. The zero-order valence-corrected chi connectivity index (χ0v) is 20.9. The number of nitrogens with one attached hydrogen (secondary N) is 2. The Morgan fingerprint density at radius 2 is 1.94 bits per heavy atom. The summed E-state index contributed by atoms with van der Waals surface area (Å²) in [6.07, 6.45) is -3.01. The molecule has 0 bridgehead atoms. The predicted octanol–water partition coefficient (Wildman–Crippen LogP) is 4.06. The van der Waals surface area contributed by atoms with Crippen molar-refractivity contribution in [2.75, 3.05) is 27.7 Å². The number of carbonyl (C=O) groups is 2. The minimum Gasteiger partial charge on any atom is -0.355 e. The maximum Gasteiger partial charge on any atom is 0.395 e. The van der Waals surface area contributed by atoms with Crippen molar-refractivity contribution in [3.8, 4) is 0 Å². The van der Waals surface area contributed by atoms with Crippen LogP contribution in [0.3, 0.4) is 0 Å². The van der Waals surface area contributed by atoms with Gasteiger partial charge in [-0.1, -0.05) is 6.07 Å². The number of nitrogens with zero attached hydrogens (tertiary/aromatic N) is 2. The third kappa shape index (κ3) is 6.19. The zero-order valence-electron chi connectivity index (χ0n) is 20.1. The largest absolute Gasteiger partial charge is 0.395 e. The summed E-state index contributed by atoms with van der Waals surface area (Å²) in [4.78, 5) is 30.9. The third-order valence-corrected chi connectivity index (χ3v) is 7.68. The molecule has 1 aliphatic carbocycles. The molecule has 192 valence electrons. The van der Waals surface area contributed by atoms with Crippen molar-refractivity contribution in [1.29, 1.82) is 0 Å². The van der Waals surface area contributed by atoms with Crippen LogP contribution in [0.5, 0.6) is 0 Å². The van der Waals surface area contributed by atoms with Crippen molar-refractivity contribution in [2.24, 2.45) is 5.41 Å². The summed E-state index contributed by atoms with van der Waals surface area (Å²) in [5, 5.41) is 5.84. The lowest BCUT2D eigenvalue weighted by Crippen LogP contribution is -2.42. The van der Waals surface area contributed by atoms with Gasteiger partial charge in [0.1, 0.15) is 5.82 Å². The van der Waals surface area contributed by atoms with Crippen LogP contribution in [0.25, 0.3) is 0 Å². The van der Waals surface area contributed by atoms with Gasteiger partial charge in [0.25, 0.3) is 5.91 Å². The molecule has 2 aromatic rings. The van der Waals surface area contributed by atoms with Crippen LogP contribution in [-0.2, 0) is 11.2 Å². The highest BCUT2D eigenvalue weighted by atomic mass is 32.1. The molecule has 1 aliphatic rings. The molecular weight excluding hydrogens is 484 g/mol. The predicted molar refractivity (Wildman–Crippen MR) is 126 cm³/mol. The standard InChI is InChI=1S/C24H30F4N4O2S/c1-14-30-13-20(35-14)18(23(7-8-23)24(26,27)28)11-21(33)31-12-17(32(3)4)9-15-5-6-16(10-19(15)25)22(34)29-2/h5-6,10,13,17-18H,7-9,11-12H2,1-4H3,(H,29,34)(H,31,33)/t17-,18+/m0/s1. The molecule has 2 amide bonds. The van der Waals surface area contributed by atoms with Crippen molar-refractivity contribution in [3.63, 3.8) is 0 Å². The Morgan fingerprint density at radius 1 is 1.26 bits per heavy atom. The Balaban J connectivity index is 1.68. The number of rotatable bonds is 10. The summed E-state index contributed by atoms with van der Waals surface area (Å²) in [5.41, 5.74) is -1.32. The molecule has 1 heterocycles. The number of alkyl halides is 3. The molecule has 2 atom stereocenters. The van der Waals surface area contributed by atoms with Gasteiger partial charge in [-0.15, -0.1) is 11.3 Å². The van der Waals surface area contributed by atoms with Gasteiger partial charge in [-0.3, -0.25) is 9.59 Å². The maximum atomic E-state index is 14.6. The Labute approximate surface area is 206 Å². The Hall–Kier alpha value is -2.53. The van der Waals surface area contributed by atoms with Crippen LogP contribution < -0.4 is 10.6 Å². The van der Waals surface area contributed by atoms with Crippen LogP contribution in [0.2, 0.25) is 0 Å². The smallest absolute Gasteiger partial charge is 0.355 e. The van der Waals surface area contributed by atoms with E-state index >= 15 is 0 Å². The average Bonchev–Trinajstić information content (AvgIpc) is 3.50. The lowest BCUT2D eigenvalue weighted by Gasteiger charge is -2.29. The van der Waals surface area contributed by atoms with Gasteiger partial charge in [-0.2, -0.15) is 13.2 Å². The molecule has 1 aromatic carbocycles. The number of amides is 2. The van der Waals surface area contributed by atoms with Crippen LogP contribution in [0, 0.1) is 18.2 Å². The third-order valence-electron chi connectivity index (χ3n) is 6.66. The fourth-order valence-electron chi connectivity index (χ4n) is 4.25. The molecule has 0 spiro atoms. The van der Waals surface area contributed by atoms with Gasteiger partial charge in [0.2, 0.25) is 5.91 Å². The summed E-state index contributed by atoms with van der Waals surface area (Å²) < 4.78 is 56.2. The second-order valence-corrected chi connectivity index (χ2v) is 10.5. The number of hydrogen-bond acceptors (Lipinski definition) is 5. The molecule has 0 radical (unpaired) electrons. The Morgan fingerprint density at radius 3 is 2.43 bits per heavy atom. The highest BCUT2D eigenvalue weighted by Crippen LogP contribution is 2.66. The van der Waals surface area contributed by atoms with E-state index in [1.165, 1.54) is 36.7 Å². The normalized spacial score (nSPS) is 16.6. The van der Waals surface area contributed by atoms with Crippen molar-refractivity contribution < 1.29 is 27.2 Å². The molecule has 0 unspecified atom stereocenters. The molecule has 0 aliphatic heterocycles. The molecular formula is C24H30F4N4O2S. The van der Waals surface area contributed by atoms with Crippen molar-refractivity contribution in [1.82, 2.24) is 20.5 Å². The zero-order chi connectivity index (χ0) is 26.0. The first-order chi connectivity index (χ1) is 16.4.